The third kappa shape index (κ3) is 13.0. The Balaban J connectivity index is 4.07. The lowest BCUT2D eigenvalue weighted by Gasteiger charge is -2.19. The topological polar surface area (TPSA) is 201 Å². The van der Waals surface area contributed by atoms with Crippen LogP contribution in [-0.2, 0) is 28.7 Å². The first-order valence-corrected chi connectivity index (χ1v) is 9.03. The number of rotatable bonds is 16. The molecule has 0 aliphatic carbocycles. The Labute approximate surface area is 164 Å². The predicted molar refractivity (Wildman–Crippen MR) is 101 cm³/mol. The molecule has 162 valence electrons. The van der Waals surface area contributed by atoms with Gasteiger partial charge in [-0.2, -0.15) is 0 Å². The summed E-state index contributed by atoms with van der Waals surface area (Å²) in [4.78, 5) is 46.8. The normalized spacial score (nSPS) is 12.7. The average molecular weight is 404 g/mol. The zero-order chi connectivity index (χ0) is 21.4. The number of carbonyl (C=O) groups excluding carboxylic acids is 4. The Morgan fingerprint density at radius 1 is 0.929 bits per heavy atom. The highest BCUT2D eigenvalue weighted by Gasteiger charge is 2.22. The maximum Gasteiger partial charge on any atom is 0.246 e. The average Bonchev–Trinajstić information content (AvgIpc) is 2.65. The second-order valence-electron chi connectivity index (χ2n) is 5.91. The second-order valence-corrected chi connectivity index (χ2v) is 5.91. The Morgan fingerprint density at radius 3 is 2.21 bits per heavy atom. The van der Waals surface area contributed by atoms with Crippen LogP contribution in [0.15, 0.2) is 0 Å². The molecule has 0 aromatic rings. The van der Waals surface area contributed by atoms with Gasteiger partial charge in [0.15, 0.2) is 0 Å². The summed E-state index contributed by atoms with van der Waals surface area (Å²) < 4.78 is 10.1. The molecular formula is C16H32N6O6. The molecule has 12 heteroatoms. The summed E-state index contributed by atoms with van der Waals surface area (Å²) in [5.41, 5.74) is 15.9. The summed E-state index contributed by atoms with van der Waals surface area (Å²) >= 11 is 0. The van der Waals surface area contributed by atoms with Gasteiger partial charge in [0, 0.05) is 6.54 Å². The molecule has 0 rings (SSSR count). The molecule has 0 heterocycles. The number of ether oxygens (including phenoxy) is 2. The van der Waals surface area contributed by atoms with Crippen molar-refractivity contribution < 1.29 is 28.7 Å². The van der Waals surface area contributed by atoms with Crippen LogP contribution in [0.4, 0.5) is 0 Å². The molecule has 0 unspecified atom stereocenters. The molecule has 0 aromatic carbocycles. The van der Waals surface area contributed by atoms with E-state index in [0.717, 1.165) is 0 Å². The van der Waals surface area contributed by atoms with Crippen molar-refractivity contribution in [1.29, 1.82) is 0 Å². The Kier molecular flexibility index (Phi) is 14.5. The van der Waals surface area contributed by atoms with E-state index in [2.05, 4.69) is 16.0 Å². The van der Waals surface area contributed by atoms with Crippen LogP contribution in [0.1, 0.15) is 19.8 Å². The maximum absolute atomic E-state index is 12.1. The van der Waals surface area contributed by atoms with Crippen molar-refractivity contribution in [2.75, 3.05) is 46.1 Å². The van der Waals surface area contributed by atoms with Crippen molar-refractivity contribution in [2.24, 2.45) is 17.2 Å². The number of hydrogen-bond acceptors (Lipinski definition) is 8. The summed E-state index contributed by atoms with van der Waals surface area (Å²) in [7, 11) is 0. The van der Waals surface area contributed by atoms with E-state index in [1.807, 2.05) is 0 Å². The largest absolute Gasteiger partial charge is 0.378 e. The highest BCUT2D eigenvalue weighted by molar-refractivity contribution is 5.92. The third-order valence-corrected chi connectivity index (χ3v) is 3.44. The molecule has 0 fully saturated rings. The quantitative estimate of drug-likeness (QED) is 0.141. The molecule has 0 saturated carbocycles. The molecule has 0 spiro atoms. The number of nitrogens with two attached hydrogens (primary N) is 3. The SMILES string of the molecule is C[C@H](NC(=O)CNC(=O)COCCOCCN)C(=O)N[C@@H](CCCN)C(N)=O. The number of amides is 4. The predicted octanol–water partition coefficient (Wildman–Crippen LogP) is -3.69. The summed E-state index contributed by atoms with van der Waals surface area (Å²) in [5.74, 6) is -2.30. The van der Waals surface area contributed by atoms with E-state index < -0.39 is 35.7 Å². The van der Waals surface area contributed by atoms with Crippen molar-refractivity contribution >= 4 is 23.6 Å². The van der Waals surface area contributed by atoms with Gasteiger partial charge in [-0.05, 0) is 26.3 Å². The van der Waals surface area contributed by atoms with Gasteiger partial charge >= 0.3 is 0 Å². The van der Waals surface area contributed by atoms with E-state index in [1.165, 1.54) is 6.92 Å². The first kappa shape index (κ1) is 25.7. The van der Waals surface area contributed by atoms with Gasteiger partial charge in [-0.3, -0.25) is 19.2 Å². The molecule has 0 radical (unpaired) electrons. The number of hydrogen-bond donors (Lipinski definition) is 6. The molecule has 12 nitrogen and oxygen atoms in total. The molecular weight excluding hydrogens is 372 g/mol. The number of nitrogens with one attached hydrogen (secondary N) is 3. The Bertz CT molecular complexity index is 504. The molecule has 4 amide bonds. The Hall–Kier alpha value is -2.28. The molecule has 2 atom stereocenters. The van der Waals surface area contributed by atoms with Gasteiger partial charge in [-0.15, -0.1) is 0 Å². The summed E-state index contributed by atoms with van der Waals surface area (Å²) in [5, 5.41) is 7.23. The van der Waals surface area contributed by atoms with Gasteiger partial charge in [0.1, 0.15) is 18.7 Å². The standard InChI is InChI=1S/C16H32N6O6/c1-11(16(26)22-12(15(19)25)3-2-4-17)21-13(23)9-20-14(24)10-28-8-7-27-6-5-18/h11-12H,2-10,17-18H2,1H3,(H2,19,25)(H,20,24)(H,21,23)(H,22,26)/t11-,12-/m0/s1. The maximum atomic E-state index is 12.1. The molecule has 0 aliphatic rings. The summed E-state index contributed by atoms with van der Waals surface area (Å²) in [6.07, 6.45) is 0.827. The zero-order valence-corrected chi connectivity index (χ0v) is 16.2. The molecule has 0 aliphatic heterocycles. The molecule has 28 heavy (non-hydrogen) atoms. The fourth-order valence-corrected chi connectivity index (χ4v) is 1.96. The first-order chi connectivity index (χ1) is 13.3. The molecule has 0 aromatic heterocycles. The monoisotopic (exact) mass is 404 g/mol. The Morgan fingerprint density at radius 2 is 1.61 bits per heavy atom. The van der Waals surface area contributed by atoms with Gasteiger partial charge in [-0.25, -0.2) is 0 Å². The smallest absolute Gasteiger partial charge is 0.246 e. The van der Waals surface area contributed by atoms with E-state index in [1.54, 1.807) is 0 Å². The summed E-state index contributed by atoms with van der Waals surface area (Å²) in [6.45, 7) is 2.61. The zero-order valence-electron chi connectivity index (χ0n) is 16.2. The van der Waals surface area contributed by atoms with Gasteiger partial charge in [-0.1, -0.05) is 0 Å². The molecule has 0 bridgehead atoms. The van der Waals surface area contributed by atoms with E-state index in [0.29, 0.717) is 39.1 Å². The van der Waals surface area contributed by atoms with Crippen LogP contribution in [0, 0.1) is 0 Å². The van der Waals surface area contributed by atoms with Gasteiger partial charge in [0.05, 0.1) is 26.4 Å². The first-order valence-electron chi connectivity index (χ1n) is 9.03. The van der Waals surface area contributed by atoms with Crippen LogP contribution < -0.4 is 33.2 Å². The minimum atomic E-state index is -0.917. The van der Waals surface area contributed by atoms with E-state index in [9.17, 15) is 19.2 Å². The summed E-state index contributed by atoms with van der Waals surface area (Å²) in [6, 6.07) is -1.78. The van der Waals surface area contributed by atoms with E-state index >= 15 is 0 Å². The van der Waals surface area contributed by atoms with Crippen LogP contribution in [0.2, 0.25) is 0 Å². The number of primary amides is 1. The van der Waals surface area contributed by atoms with Crippen LogP contribution in [0.25, 0.3) is 0 Å². The van der Waals surface area contributed by atoms with Crippen LogP contribution >= 0.6 is 0 Å². The fourth-order valence-electron chi connectivity index (χ4n) is 1.96. The lowest BCUT2D eigenvalue weighted by atomic mass is 10.1. The van der Waals surface area contributed by atoms with Crippen LogP contribution in [-0.4, -0.2) is 81.8 Å². The fraction of sp³-hybridized carbons (Fsp3) is 0.750. The lowest BCUT2D eigenvalue weighted by molar-refractivity contribution is -0.132. The second kappa shape index (κ2) is 15.7. The van der Waals surface area contributed by atoms with Crippen LogP contribution in [0.5, 0.6) is 0 Å². The van der Waals surface area contributed by atoms with Crippen molar-refractivity contribution in [3.05, 3.63) is 0 Å². The minimum Gasteiger partial charge on any atom is -0.378 e. The van der Waals surface area contributed by atoms with Gasteiger partial charge < -0.3 is 42.6 Å². The van der Waals surface area contributed by atoms with Crippen molar-refractivity contribution in [2.45, 2.75) is 31.8 Å². The van der Waals surface area contributed by atoms with E-state index in [4.69, 9.17) is 26.7 Å². The van der Waals surface area contributed by atoms with Gasteiger partial charge in [0.25, 0.3) is 0 Å². The molecule has 9 N–H and O–H groups in total. The van der Waals surface area contributed by atoms with Crippen LogP contribution in [0.3, 0.4) is 0 Å². The van der Waals surface area contributed by atoms with Crippen molar-refractivity contribution in [1.82, 2.24) is 16.0 Å². The van der Waals surface area contributed by atoms with Crippen molar-refractivity contribution in [3.63, 3.8) is 0 Å². The highest BCUT2D eigenvalue weighted by Crippen LogP contribution is 1.96. The van der Waals surface area contributed by atoms with E-state index in [-0.39, 0.29) is 19.8 Å². The minimum absolute atomic E-state index is 0.224. The number of carbonyl (C=O) groups is 4. The third-order valence-electron chi connectivity index (χ3n) is 3.44. The molecule has 0 saturated heterocycles. The van der Waals surface area contributed by atoms with Crippen molar-refractivity contribution in [3.8, 4) is 0 Å². The lowest BCUT2D eigenvalue weighted by Crippen LogP contribution is -2.53. The highest BCUT2D eigenvalue weighted by atomic mass is 16.5. The van der Waals surface area contributed by atoms with Gasteiger partial charge in [0.2, 0.25) is 23.6 Å².